The van der Waals surface area contributed by atoms with Gasteiger partial charge in [-0.3, -0.25) is 0 Å². The number of aliphatic hydroxyl groups excluding tert-OH is 1. The topological polar surface area (TPSA) is 23.5 Å². The summed E-state index contributed by atoms with van der Waals surface area (Å²) in [4.78, 5) is 1.83. The van der Waals surface area contributed by atoms with Crippen LogP contribution < -0.4 is 0 Å². The Morgan fingerprint density at radius 3 is 2.14 bits per heavy atom. The Balaban J connectivity index is 3.45. The molecule has 2 nitrogen and oxygen atoms in total. The molecule has 0 aromatic carbocycles. The van der Waals surface area contributed by atoms with Crippen LogP contribution in [0.2, 0.25) is 0 Å². The van der Waals surface area contributed by atoms with Gasteiger partial charge in [-0.05, 0) is 6.92 Å². The van der Waals surface area contributed by atoms with Gasteiger partial charge in [0.15, 0.2) is 0 Å². The van der Waals surface area contributed by atoms with Crippen LogP contribution in [0.15, 0.2) is 60.2 Å². The van der Waals surface area contributed by atoms with Crippen molar-refractivity contribution in [1.29, 1.82) is 0 Å². The molecule has 0 unspecified atom stereocenters. The van der Waals surface area contributed by atoms with E-state index in [2.05, 4.69) is 19.7 Å². The molecule has 0 aromatic rings. The van der Waals surface area contributed by atoms with Crippen LogP contribution in [0.4, 0.5) is 0 Å². The van der Waals surface area contributed by atoms with E-state index in [4.69, 9.17) is 0 Å². The van der Waals surface area contributed by atoms with Gasteiger partial charge < -0.3 is 10.0 Å². The standard InChI is InChI=1S/C12H15NO/c1-6-10-8(3)13(5)9(4)12(14)11(10)7-2/h6-7,14H,1-3H2,4-5H3. The molecule has 0 aliphatic carbocycles. The number of aliphatic hydroxyl groups is 1. The number of allylic oxidation sites excluding steroid dienone is 3. The number of nitrogens with zero attached hydrogens (tertiary/aromatic N) is 1. The van der Waals surface area contributed by atoms with E-state index in [1.807, 2.05) is 18.9 Å². The van der Waals surface area contributed by atoms with E-state index in [-0.39, 0.29) is 5.76 Å². The highest BCUT2D eigenvalue weighted by molar-refractivity contribution is 5.56. The molecule has 0 bridgehead atoms. The summed E-state index contributed by atoms with van der Waals surface area (Å²) in [5.74, 6) is 0.241. The number of rotatable bonds is 2. The summed E-state index contributed by atoms with van der Waals surface area (Å²) in [7, 11) is 1.86. The molecule has 0 amide bonds. The van der Waals surface area contributed by atoms with Crippen LogP contribution in [0, 0.1) is 0 Å². The molecule has 1 aliphatic rings. The number of hydrogen-bond donors (Lipinski definition) is 1. The highest BCUT2D eigenvalue weighted by atomic mass is 16.3. The first-order chi connectivity index (χ1) is 6.54. The predicted molar refractivity (Wildman–Crippen MR) is 59.7 cm³/mol. The number of hydrogen-bond acceptors (Lipinski definition) is 2. The second-order valence-electron chi connectivity index (χ2n) is 3.18. The lowest BCUT2D eigenvalue weighted by Crippen LogP contribution is -2.22. The van der Waals surface area contributed by atoms with Crippen LogP contribution in [-0.4, -0.2) is 17.1 Å². The summed E-state index contributed by atoms with van der Waals surface area (Å²) in [5, 5.41) is 9.85. The van der Waals surface area contributed by atoms with Crippen LogP contribution in [0.25, 0.3) is 0 Å². The smallest absolute Gasteiger partial charge is 0.142 e. The summed E-state index contributed by atoms with van der Waals surface area (Å²) in [6.07, 6.45) is 3.30. The van der Waals surface area contributed by atoms with Crippen molar-refractivity contribution in [2.75, 3.05) is 7.05 Å². The minimum absolute atomic E-state index is 0.241. The van der Waals surface area contributed by atoms with Crippen molar-refractivity contribution in [3.05, 3.63) is 60.2 Å². The third kappa shape index (κ3) is 1.29. The molecular weight excluding hydrogens is 174 g/mol. The van der Waals surface area contributed by atoms with Gasteiger partial charge in [-0.1, -0.05) is 31.9 Å². The first-order valence-corrected chi connectivity index (χ1v) is 4.37. The van der Waals surface area contributed by atoms with Gasteiger partial charge in [0.05, 0.1) is 5.70 Å². The van der Waals surface area contributed by atoms with E-state index < -0.39 is 0 Å². The minimum atomic E-state index is 0.241. The van der Waals surface area contributed by atoms with E-state index in [0.29, 0.717) is 5.57 Å². The van der Waals surface area contributed by atoms with Crippen LogP contribution >= 0.6 is 0 Å². The van der Waals surface area contributed by atoms with E-state index in [9.17, 15) is 5.11 Å². The van der Waals surface area contributed by atoms with Gasteiger partial charge in [0, 0.05) is 23.9 Å². The average molecular weight is 189 g/mol. The van der Waals surface area contributed by atoms with Crippen LogP contribution in [0.5, 0.6) is 0 Å². The van der Waals surface area contributed by atoms with Gasteiger partial charge in [0.25, 0.3) is 0 Å². The molecule has 14 heavy (non-hydrogen) atoms. The van der Waals surface area contributed by atoms with Gasteiger partial charge in [-0.2, -0.15) is 0 Å². The van der Waals surface area contributed by atoms with Crippen LogP contribution in [-0.2, 0) is 0 Å². The molecule has 1 rings (SSSR count). The van der Waals surface area contributed by atoms with Crippen molar-refractivity contribution in [2.24, 2.45) is 0 Å². The van der Waals surface area contributed by atoms with Gasteiger partial charge in [-0.15, -0.1) is 0 Å². The quantitative estimate of drug-likeness (QED) is 0.722. The molecule has 1 aliphatic heterocycles. The molecular formula is C12H15NO. The van der Waals surface area contributed by atoms with Crippen LogP contribution in [0.3, 0.4) is 0 Å². The largest absolute Gasteiger partial charge is 0.505 e. The van der Waals surface area contributed by atoms with E-state index in [1.165, 1.54) is 0 Å². The van der Waals surface area contributed by atoms with Crippen molar-refractivity contribution < 1.29 is 5.11 Å². The Morgan fingerprint density at radius 1 is 1.21 bits per heavy atom. The first kappa shape index (κ1) is 10.4. The van der Waals surface area contributed by atoms with Crippen molar-refractivity contribution in [3.8, 4) is 0 Å². The Kier molecular flexibility index (Phi) is 2.65. The molecule has 1 N–H and O–H groups in total. The summed E-state index contributed by atoms with van der Waals surface area (Å²) < 4.78 is 0. The van der Waals surface area contributed by atoms with Gasteiger partial charge in [-0.25, -0.2) is 0 Å². The lowest BCUT2D eigenvalue weighted by molar-refractivity contribution is 0.378. The van der Waals surface area contributed by atoms with Crippen LogP contribution in [0.1, 0.15) is 6.92 Å². The highest BCUT2D eigenvalue weighted by Crippen LogP contribution is 2.32. The number of likely N-dealkylation sites (N-methyl/N-ethyl adjacent to an activating group) is 1. The maximum atomic E-state index is 9.85. The van der Waals surface area contributed by atoms with Crippen molar-refractivity contribution in [1.82, 2.24) is 4.90 Å². The van der Waals surface area contributed by atoms with Crippen molar-refractivity contribution in [3.63, 3.8) is 0 Å². The Labute approximate surface area is 84.9 Å². The van der Waals surface area contributed by atoms with E-state index >= 15 is 0 Å². The van der Waals surface area contributed by atoms with Crippen molar-refractivity contribution >= 4 is 0 Å². The first-order valence-electron chi connectivity index (χ1n) is 4.37. The summed E-state index contributed by atoms with van der Waals surface area (Å²) >= 11 is 0. The van der Waals surface area contributed by atoms with Gasteiger partial charge >= 0.3 is 0 Å². The van der Waals surface area contributed by atoms with Gasteiger partial charge in [0.1, 0.15) is 5.76 Å². The Morgan fingerprint density at radius 2 is 1.71 bits per heavy atom. The molecule has 2 heteroatoms. The fourth-order valence-corrected chi connectivity index (χ4v) is 1.45. The van der Waals surface area contributed by atoms with Crippen molar-refractivity contribution in [2.45, 2.75) is 6.92 Å². The maximum absolute atomic E-state index is 9.85. The zero-order chi connectivity index (χ0) is 10.9. The molecule has 0 spiro atoms. The predicted octanol–water partition coefficient (Wildman–Crippen LogP) is 2.90. The third-order valence-corrected chi connectivity index (χ3v) is 2.52. The second kappa shape index (κ2) is 3.58. The molecule has 74 valence electrons. The highest BCUT2D eigenvalue weighted by Gasteiger charge is 2.21. The zero-order valence-corrected chi connectivity index (χ0v) is 8.67. The second-order valence-corrected chi connectivity index (χ2v) is 3.18. The molecule has 0 saturated heterocycles. The Bertz CT molecular complexity index is 372. The lowest BCUT2D eigenvalue weighted by atomic mass is 9.98. The normalized spacial score (nSPS) is 17.6. The molecule has 0 radical (unpaired) electrons. The summed E-state index contributed by atoms with van der Waals surface area (Å²) in [6, 6.07) is 0. The summed E-state index contributed by atoms with van der Waals surface area (Å²) in [6.45, 7) is 13.1. The minimum Gasteiger partial charge on any atom is -0.505 e. The molecule has 0 atom stereocenters. The molecule has 0 aromatic heterocycles. The van der Waals surface area contributed by atoms with E-state index in [0.717, 1.165) is 17.0 Å². The maximum Gasteiger partial charge on any atom is 0.142 e. The Hall–Kier alpha value is -1.70. The average Bonchev–Trinajstić information content (AvgIpc) is 2.20. The fraction of sp³-hybridized carbons (Fsp3) is 0.167. The third-order valence-electron chi connectivity index (χ3n) is 2.52. The molecule has 1 heterocycles. The molecule has 0 saturated carbocycles. The SMILES string of the molecule is C=CC1=C(C=C)C(O)=C(C)N(C)C1=C. The molecule has 0 fully saturated rings. The zero-order valence-electron chi connectivity index (χ0n) is 8.67. The fourth-order valence-electron chi connectivity index (χ4n) is 1.45. The van der Waals surface area contributed by atoms with Gasteiger partial charge in [0.2, 0.25) is 0 Å². The summed E-state index contributed by atoms with van der Waals surface area (Å²) in [5.41, 5.74) is 3.12. The lowest BCUT2D eigenvalue weighted by Gasteiger charge is -2.30. The van der Waals surface area contributed by atoms with E-state index in [1.54, 1.807) is 12.2 Å². The monoisotopic (exact) mass is 189 g/mol.